The second-order valence-electron chi connectivity index (χ2n) is 9.92. The van der Waals surface area contributed by atoms with Crippen LogP contribution in [-0.4, -0.2) is 54.2 Å². The van der Waals surface area contributed by atoms with E-state index in [-0.39, 0.29) is 17.4 Å². The van der Waals surface area contributed by atoms with Gasteiger partial charge in [-0.3, -0.25) is 9.59 Å². The van der Waals surface area contributed by atoms with Crippen molar-refractivity contribution in [2.75, 3.05) is 29.9 Å². The smallest absolute Gasteiger partial charge is 0.251 e. The van der Waals surface area contributed by atoms with Crippen molar-refractivity contribution >= 4 is 23.2 Å². The lowest BCUT2D eigenvalue weighted by Gasteiger charge is -2.28. The summed E-state index contributed by atoms with van der Waals surface area (Å²) >= 11 is 0. The summed E-state index contributed by atoms with van der Waals surface area (Å²) in [4.78, 5) is 27.4. The van der Waals surface area contributed by atoms with Crippen molar-refractivity contribution in [2.45, 2.75) is 64.6 Å². The summed E-state index contributed by atoms with van der Waals surface area (Å²) in [5.74, 6) is -0.200. The number of hydrogen-bond donors (Lipinski definition) is 4. The first-order valence-corrected chi connectivity index (χ1v) is 12.1. The van der Waals surface area contributed by atoms with E-state index < -0.39 is 12.1 Å². The largest absolute Gasteiger partial charge is 0.390 e. The minimum atomic E-state index is -0.778. The average molecular weight is 467 g/mol. The zero-order valence-corrected chi connectivity index (χ0v) is 20.7. The summed E-state index contributed by atoms with van der Waals surface area (Å²) in [6, 6.07) is 14.8. The van der Waals surface area contributed by atoms with Gasteiger partial charge in [0.2, 0.25) is 5.91 Å². The molecule has 2 amide bonds. The first-order chi connectivity index (χ1) is 16.2. The number of carbonyl (C=O) groups is 2. The number of carbonyl (C=O) groups excluding carboxylic acids is 2. The van der Waals surface area contributed by atoms with Crippen LogP contribution < -0.4 is 20.9 Å². The van der Waals surface area contributed by atoms with Gasteiger partial charge in [0.05, 0.1) is 12.1 Å². The van der Waals surface area contributed by atoms with Crippen LogP contribution in [0.4, 0.5) is 11.4 Å². The molecule has 3 rings (SSSR count). The Morgan fingerprint density at radius 1 is 1.15 bits per heavy atom. The van der Waals surface area contributed by atoms with E-state index in [0.29, 0.717) is 38.0 Å². The molecule has 2 aromatic rings. The molecule has 7 heteroatoms. The lowest BCUT2D eigenvalue weighted by Crippen LogP contribution is -2.51. The molecule has 184 valence electrons. The predicted octanol–water partition coefficient (Wildman–Crippen LogP) is 3.34. The maximum absolute atomic E-state index is 13.4. The predicted molar refractivity (Wildman–Crippen MR) is 137 cm³/mol. The monoisotopic (exact) mass is 466 g/mol. The topological polar surface area (TPSA) is 93.7 Å². The minimum absolute atomic E-state index is 0.0747. The SMILES string of the molecule is CCNc1cc(C(=O)N[C@@H](Cc2ccccc2)[C@H](O)CNC(C)(C)C)cc(N2CCCC2=O)c1. The molecule has 2 atom stereocenters. The van der Waals surface area contributed by atoms with Crippen molar-refractivity contribution in [3.05, 3.63) is 59.7 Å². The Morgan fingerprint density at radius 2 is 1.88 bits per heavy atom. The van der Waals surface area contributed by atoms with Gasteiger partial charge in [0.25, 0.3) is 5.91 Å². The van der Waals surface area contributed by atoms with Gasteiger partial charge in [-0.15, -0.1) is 0 Å². The molecule has 1 heterocycles. The highest BCUT2D eigenvalue weighted by atomic mass is 16.3. The number of amides is 2. The van der Waals surface area contributed by atoms with Gasteiger partial charge in [0.15, 0.2) is 0 Å². The molecule has 0 aliphatic carbocycles. The zero-order valence-electron chi connectivity index (χ0n) is 20.7. The molecular weight excluding hydrogens is 428 g/mol. The Kier molecular flexibility index (Phi) is 8.69. The Balaban J connectivity index is 1.84. The summed E-state index contributed by atoms with van der Waals surface area (Å²) in [5.41, 5.74) is 2.86. The second-order valence-corrected chi connectivity index (χ2v) is 9.92. The van der Waals surface area contributed by atoms with E-state index in [9.17, 15) is 14.7 Å². The number of nitrogens with zero attached hydrogens (tertiary/aromatic N) is 1. The van der Waals surface area contributed by atoms with Crippen LogP contribution in [0.2, 0.25) is 0 Å². The van der Waals surface area contributed by atoms with E-state index in [2.05, 4.69) is 16.0 Å². The molecule has 2 aromatic carbocycles. The van der Waals surface area contributed by atoms with Crippen molar-refractivity contribution < 1.29 is 14.7 Å². The number of aliphatic hydroxyl groups excluding tert-OH is 1. The molecule has 1 fully saturated rings. The molecule has 7 nitrogen and oxygen atoms in total. The summed E-state index contributed by atoms with van der Waals surface area (Å²) in [6.45, 7) is 9.82. The fourth-order valence-corrected chi connectivity index (χ4v) is 4.08. The molecule has 1 aliphatic heterocycles. The summed E-state index contributed by atoms with van der Waals surface area (Å²) < 4.78 is 0. The van der Waals surface area contributed by atoms with Gasteiger partial charge in [0, 0.05) is 48.5 Å². The minimum Gasteiger partial charge on any atom is -0.390 e. The number of rotatable bonds is 10. The van der Waals surface area contributed by atoms with Gasteiger partial charge in [-0.25, -0.2) is 0 Å². The lowest BCUT2D eigenvalue weighted by atomic mass is 9.99. The van der Waals surface area contributed by atoms with Gasteiger partial charge in [-0.05, 0) is 64.3 Å². The van der Waals surface area contributed by atoms with E-state index in [1.165, 1.54) is 0 Å². The van der Waals surface area contributed by atoms with E-state index in [0.717, 1.165) is 23.4 Å². The highest BCUT2D eigenvalue weighted by Gasteiger charge is 2.26. The summed E-state index contributed by atoms with van der Waals surface area (Å²) in [7, 11) is 0. The third-order valence-corrected chi connectivity index (χ3v) is 5.87. The van der Waals surface area contributed by atoms with Gasteiger partial charge in [-0.2, -0.15) is 0 Å². The number of hydrogen-bond acceptors (Lipinski definition) is 5. The van der Waals surface area contributed by atoms with Crippen LogP contribution in [0.25, 0.3) is 0 Å². The highest BCUT2D eigenvalue weighted by Crippen LogP contribution is 2.27. The number of aliphatic hydroxyl groups is 1. The first kappa shape index (κ1) is 25.7. The molecule has 0 saturated carbocycles. The third kappa shape index (κ3) is 7.30. The quantitative estimate of drug-likeness (QED) is 0.431. The van der Waals surface area contributed by atoms with Crippen LogP contribution in [0, 0.1) is 0 Å². The molecule has 4 N–H and O–H groups in total. The van der Waals surface area contributed by atoms with Crippen LogP contribution in [-0.2, 0) is 11.2 Å². The zero-order chi connectivity index (χ0) is 24.7. The lowest BCUT2D eigenvalue weighted by molar-refractivity contribution is -0.117. The van der Waals surface area contributed by atoms with Crippen LogP contribution in [0.1, 0.15) is 56.5 Å². The second kappa shape index (κ2) is 11.5. The Bertz CT molecular complexity index is 972. The van der Waals surface area contributed by atoms with Crippen molar-refractivity contribution in [3.8, 4) is 0 Å². The van der Waals surface area contributed by atoms with Crippen molar-refractivity contribution in [2.24, 2.45) is 0 Å². The van der Waals surface area contributed by atoms with Gasteiger partial charge < -0.3 is 26.0 Å². The van der Waals surface area contributed by atoms with E-state index >= 15 is 0 Å². The van der Waals surface area contributed by atoms with Crippen LogP contribution in [0.3, 0.4) is 0 Å². The number of nitrogens with one attached hydrogen (secondary N) is 3. The molecular formula is C27H38N4O3. The van der Waals surface area contributed by atoms with Gasteiger partial charge in [0.1, 0.15) is 0 Å². The molecule has 34 heavy (non-hydrogen) atoms. The molecule has 0 spiro atoms. The van der Waals surface area contributed by atoms with E-state index in [4.69, 9.17) is 0 Å². The molecule has 0 unspecified atom stereocenters. The third-order valence-electron chi connectivity index (χ3n) is 5.87. The summed E-state index contributed by atoms with van der Waals surface area (Å²) in [5, 5.41) is 20.6. The molecule has 1 aliphatic rings. The normalized spacial score (nSPS) is 15.8. The van der Waals surface area contributed by atoms with Gasteiger partial charge in [-0.1, -0.05) is 30.3 Å². The number of anilines is 2. The fourth-order valence-electron chi connectivity index (χ4n) is 4.08. The molecule has 0 bridgehead atoms. The van der Waals surface area contributed by atoms with Crippen molar-refractivity contribution in [1.82, 2.24) is 10.6 Å². The van der Waals surface area contributed by atoms with E-state index in [1.54, 1.807) is 17.0 Å². The standard InChI is InChI=1S/C27H38N4O3/c1-5-28-21-15-20(16-22(17-21)31-13-9-12-25(31)33)26(34)30-23(14-19-10-7-6-8-11-19)24(32)18-29-27(2,3)4/h6-8,10-11,15-17,23-24,28-29,32H,5,9,12-14,18H2,1-4H3,(H,30,34)/t23-,24+/m0/s1. The maximum atomic E-state index is 13.4. The Morgan fingerprint density at radius 3 is 2.50 bits per heavy atom. The fraction of sp³-hybridized carbons (Fsp3) is 0.481. The van der Waals surface area contributed by atoms with Crippen LogP contribution in [0.15, 0.2) is 48.5 Å². The Hall–Kier alpha value is -2.90. The van der Waals surface area contributed by atoms with Crippen LogP contribution >= 0.6 is 0 Å². The first-order valence-electron chi connectivity index (χ1n) is 12.1. The van der Waals surface area contributed by atoms with Crippen molar-refractivity contribution in [3.63, 3.8) is 0 Å². The molecule has 0 aromatic heterocycles. The average Bonchev–Trinajstić information content (AvgIpc) is 3.23. The Labute approximate surface area is 202 Å². The maximum Gasteiger partial charge on any atom is 0.251 e. The summed E-state index contributed by atoms with van der Waals surface area (Å²) in [6.07, 6.45) is 1.07. The number of benzene rings is 2. The molecule has 0 radical (unpaired) electrons. The van der Waals surface area contributed by atoms with Gasteiger partial charge >= 0.3 is 0 Å². The highest BCUT2D eigenvalue weighted by molar-refractivity contribution is 6.00. The van der Waals surface area contributed by atoms with Crippen molar-refractivity contribution in [1.29, 1.82) is 0 Å². The molecule has 1 saturated heterocycles. The van der Waals surface area contributed by atoms with E-state index in [1.807, 2.05) is 64.1 Å². The van der Waals surface area contributed by atoms with Crippen LogP contribution in [0.5, 0.6) is 0 Å². The number of β-amino-alcohol motifs (C(OH)–C–C–N with tert-alkyl or cyclic N) is 1.